The number of likely N-dealkylation sites (N-methyl/N-ethyl adjacent to an activating group) is 1. The first-order chi connectivity index (χ1) is 8.88. The Hall–Kier alpha value is -0.680. The summed E-state index contributed by atoms with van der Waals surface area (Å²) in [6.45, 7) is 5.23. The second kappa shape index (κ2) is 7.80. The first-order valence-electron chi connectivity index (χ1n) is 7.02. The lowest BCUT2D eigenvalue weighted by Gasteiger charge is -2.31. The quantitative estimate of drug-likeness (QED) is 0.758. The number of ether oxygens (including phenoxy) is 1. The number of nitrogens with zero attached hydrogens (tertiary/aromatic N) is 1. The van der Waals surface area contributed by atoms with Crippen LogP contribution in [0.5, 0.6) is 0 Å². The normalized spacial score (nSPS) is 27.0. The third-order valence-corrected chi connectivity index (χ3v) is 3.90. The summed E-state index contributed by atoms with van der Waals surface area (Å²) in [6.07, 6.45) is 4.19. The molecule has 1 amide bonds. The van der Waals surface area contributed by atoms with Gasteiger partial charge in [-0.1, -0.05) is 26.1 Å². The topological polar surface area (TPSA) is 55.6 Å². The molecule has 2 atom stereocenters. The van der Waals surface area contributed by atoms with Crippen molar-refractivity contribution < 1.29 is 9.53 Å². The third-order valence-electron chi connectivity index (χ3n) is 3.70. The van der Waals surface area contributed by atoms with Crippen LogP contribution in [0.1, 0.15) is 39.5 Å². The second-order valence-corrected chi connectivity index (χ2v) is 6.41. The Bertz CT molecular complexity index is 313. The van der Waals surface area contributed by atoms with E-state index < -0.39 is 0 Å². The molecule has 1 aliphatic carbocycles. The first-order valence-corrected chi connectivity index (χ1v) is 7.43. The minimum atomic E-state index is 0.00197. The van der Waals surface area contributed by atoms with Crippen LogP contribution >= 0.6 is 12.2 Å². The summed E-state index contributed by atoms with van der Waals surface area (Å²) in [6, 6.07) is 0. The van der Waals surface area contributed by atoms with E-state index in [1.807, 2.05) is 0 Å². The summed E-state index contributed by atoms with van der Waals surface area (Å²) in [5.41, 5.74) is 5.42. The van der Waals surface area contributed by atoms with E-state index in [0.717, 1.165) is 12.8 Å². The molecule has 5 heteroatoms. The minimum absolute atomic E-state index is 0.00197. The molecule has 0 radical (unpaired) electrons. The molecule has 0 heterocycles. The summed E-state index contributed by atoms with van der Waals surface area (Å²) in [5, 5.41) is 0. The number of carbonyl (C=O) groups excluding carboxylic acids is 1. The van der Waals surface area contributed by atoms with Crippen LogP contribution in [-0.4, -0.2) is 42.1 Å². The molecule has 1 fully saturated rings. The molecule has 2 N–H and O–H groups in total. The lowest BCUT2D eigenvalue weighted by Crippen LogP contribution is -2.35. The average molecular weight is 286 g/mol. The number of hydrogen-bond acceptors (Lipinski definition) is 3. The molecule has 4 nitrogen and oxygen atoms in total. The summed E-state index contributed by atoms with van der Waals surface area (Å²) in [7, 11) is 1.76. The zero-order valence-corrected chi connectivity index (χ0v) is 13.0. The number of hydrogen-bond donors (Lipinski definition) is 1. The summed E-state index contributed by atoms with van der Waals surface area (Å²) in [4.78, 5) is 14.0. The number of rotatable bonds is 6. The summed E-state index contributed by atoms with van der Waals surface area (Å²) < 4.78 is 5.76. The Morgan fingerprint density at radius 1 is 1.32 bits per heavy atom. The Morgan fingerprint density at radius 3 is 2.42 bits per heavy atom. The lowest BCUT2D eigenvalue weighted by atomic mass is 9.82. The maximum atomic E-state index is 11.9. The molecule has 0 aromatic rings. The Kier molecular flexibility index (Phi) is 6.72. The van der Waals surface area contributed by atoms with Crippen molar-refractivity contribution in [1.82, 2.24) is 4.90 Å². The van der Waals surface area contributed by atoms with Gasteiger partial charge in [0.1, 0.15) is 6.61 Å². The number of amides is 1. The van der Waals surface area contributed by atoms with Gasteiger partial charge in [-0.15, -0.1) is 0 Å². The molecular formula is C14H26N2O2S. The number of thiocarbonyl (C=S) groups is 1. The molecule has 0 aromatic heterocycles. The van der Waals surface area contributed by atoms with Crippen LogP contribution in [0.3, 0.4) is 0 Å². The summed E-state index contributed by atoms with van der Waals surface area (Å²) in [5.74, 6) is 1.38. The van der Waals surface area contributed by atoms with E-state index in [1.165, 1.54) is 6.42 Å². The van der Waals surface area contributed by atoms with Gasteiger partial charge in [0.05, 0.1) is 11.1 Å². The molecule has 0 bridgehead atoms. The van der Waals surface area contributed by atoms with Gasteiger partial charge in [-0.3, -0.25) is 4.79 Å². The maximum Gasteiger partial charge on any atom is 0.248 e. The van der Waals surface area contributed by atoms with Gasteiger partial charge in [-0.25, -0.2) is 0 Å². The molecule has 1 saturated carbocycles. The molecular weight excluding hydrogens is 260 g/mol. The van der Waals surface area contributed by atoms with Gasteiger partial charge in [0.15, 0.2) is 0 Å². The molecule has 1 aliphatic rings. The van der Waals surface area contributed by atoms with E-state index in [-0.39, 0.29) is 18.6 Å². The van der Waals surface area contributed by atoms with E-state index in [0.29, 0.717) is 29.8 Å². The van der Waals surface area contributed by atoms with Gasteiger partial charge >= 0.3 is 0 Å². The van der Waals surface area contributed by atoms with Crippen molar-refractivity contribution in [3.05, 3.63) is 0 Å². The van der Waals surface area contributed by atoms with Gasteiger partial charge in [0.25, 0.3) is 0 Å². The highest BCUT2D eigenvalue weighted by Crippen LogP contribution is 2.30. The predicted octanol–water partition coefficient (Wildman–Crippen LogP) is 1.96. The highest BCUT2D eigenvalue weighted by Gasteiger charge is 2.25. The van der Waals surface area contributed by atoms with Crippen LogP contribution in [0.15, 0.2) is 0 Å². The van der Waals surface area contributed by atoms with E-state index in [9.17, 15) is 4.79 Å². The Morgan fingerprint density at radius 2 is 1.89 bits per heavy atom. The van der Waals surface area contributed by atoms with Crippen LogP contribution in [0.25, 0.3) is 0 Å². The van der Waals surface area contributed by atoms with Gasteiger partial charge in [0.2, 0.25) is 5.91 Å². The van der Waals surface area contributed by atoms with E-state index in [4.69, 9.17) is 22.7 Å². The fourth-order valence-corrected chi connectivity index (χ4v) is 2.80. The van der Waals surface area contributed by atoms with Crippen LogP contribution in [0.4, 0.5) is 0 Å². The molecule has 19 heavy (non-hydrogen) atoms. The molecule has 110 valence electrons. The summed E-state index contributed by atoms with van der Waals surface area (Å²) >= 11 is 4.80. The van der Waals surface area contributed by atoms with Crippen molar-refractivity contribution in [2.24, 2.45) is 17.6 Å². The van der Waals surface area contributed by atoms with Crippen molar-refractivity contribution in [1.29, 1.82) is 0 Å². The Labute approximate surface area is 121 Å². The predicted molar refractivity (Wildman–Crippen MR) is 81.0 cm³/mol. The molecule has 0 saturated heterocycles. The first kappa shape index (κ1) is 16.4. The van der Waals surface area contributed by atoms with E-state index in [1.54, 1.807) is 11.9 Å². The molecule has 1 rings (SSSR count). The maximum absolute atomic E-state index is 11.9. The van der Waals surface area contributed by atoms with Crippen molar-refractivity contribution in [2.45, 2.75) is 45.6 Å². The largest absolute Gasteiger partial charge is 0.393 e. The minimum Gasteiger partial charge on any atom is -0.393 e. The van der Waals surface area contributed by atoms with E-state index >= 15 is 0 Å². The van der Waals surface area contributed by atoms with Gasteiger partial charge < -0.3 is 15.4 Å². The van der Waals surface area contributed by atoms with Gasteiger partial charge in [-0.2, -0.15) is 0 Å². The zero-order valence-electron chi connectivity index (χ0n) is 12.2. The van der Waals surface area contributed by atoms with E-state index in [2.05, 4.69) is 13.8 Å². The number of nitrogens with two attached hydrogens (primary N) is 1. The van der Waals surface area contributed by atoms with Gasteiger partial charge in [0, 0.05) is 20.0 Å². The van der Waals surface area contributed by atoms with Crippen molar-refractivity contribution in [3.8, 4) is 0 Å². The van der Waals surface area contributed by atoms with Crippen LogP contribution in [0.2, 0.25) is 0 Å². The smallest absolute Gasteiger partial charge is 0.248 e. The van der Waals surface area contributed by atoms with Crippen molar-refractivity contribution in [2.75, 3.05) is 20.2 Å². The molecule has 0 aliphatic heterocycles. The third kappa shape index (κ3) is 6.34. The standard InChI is InChI=1S/C14H26N2O2S/c1-10-6-11(2)8-12(7-10)18-9-14(17)16(3)5-4-13(15)19/h10-12H,4-9H2,1-3H3,(H2,15,19). The zero-order chi connectivity index (χ0) is 14.4. The van der Waals surface area contributed by atoms with Crippen LogP contribution < -0.4 is 5.73 Å². The monoisotopic (exact) mass is 286 g/mol. The highest BCUT2D eigenvalue weighted by molar-refractivity contribution is 7.80. The second-order valence-electron chi connectivity index (χ2n) is 5.88. The van der Waals surface area contributed by atoms with Crippen molar-refractivity contribution >= 4 is 23.1 Å². The van der Waals surface area contributed by atoms with Crippen LogP contribution in [-0.2, 0) is 9.53 Å². The lowest BCUT2D eigenvalue weighted by molar-refractivity contribution is -0.138. The van der Waals surface area contributed by atoms with Crippen LogP contribution in [0, 0.1) is 11.8 Å². The number of carbonyl (C=O) groups is 1. The SMILES string of the molecule is CC1CC(C)CC(OCC(=O)N(C)CCC(N)=S)C1. The Balaban J connectivity index is 2.27. The fourth-order valence-electron chi connectivity index (χ4n) is 2.71. The average Bonchev–Trinajstić information content (AvgIpc) is 2.31. The molecule has 0 aromatic carbocycles. The fraction of sp³-hybridized carbons (Fsp3) is 0.857. The van der Waals surface area contributed by atoms with Gasteiger partial charge in [-0.05, 0) is 31.1 Å². The highest BCUT2D eigenvalue weighted by atomic mass is 32.1. The van der Waals surface area contributed by atoms with Crippen molar-refractivity contribution in [3.63, 3.8) is 0 Å². The molecule has 2 unspecified atom stereocenters. The molecule has 0 spiro atoms.